The first-order valence-corrected chi connectivity index (χ1v) is 16.6. The zero-order valence-corrected chi connectivity index (χ0v) is 26.5. The molecule has 0 unspecified atom stereocenters. The first-order valence-electron chi connectivity index (χ1n) is 16.6. The highest BCUT2D eigenvalue weighted by Gasteiger charge is 2.26. The van der Waals surface area contributed by atoms with Crippen LogP contribution in [0.4, 0.5) is 0 Å². The molecule has 0 bridgehead atoms. The lowest BCUT2D eigenvalue weighted by Gasteiger charge is -2.32. The number of unbranched alkanes of at least 4 members (excludes halogenated alkanes) is 22. The van der Waals surface area contributed by atoms with E-state index in [-0.39, 0.29) is 18.4 Å². The number of quaternary nitrogens is 1. The summed E-state index contributed by atoms with van der Waals surface area (Å²) in [4.78, 5) is 0. The highest BCUT2D eigenvalue weighted by molar-refractivity contribution is 5.74. The fourth-order valence-corrected chi connectivity index (χ4v) is 5.64. The van der Waals surface area contributed by atoms with Gasteiger partial charge >= 0.3 is 0 Å². The van der Waals surface area contributed by atoms with Crippen molar-refractivity contribution in [1.82, 2.24) is 0 Å². The maximum absolute atomic E-state index is 5.89. The Balaban J connectivity index is 0. The molecule has 0 saturated carbocycles. The molecule has 0 aliphatic heterocycles. The van der Waals surface area contributed by atoms with Gasteiger partial charge in [-0.2, -0.15) is 4.59 Å². The van der Waals surface area contributed by atoms with Crippen LogP contribution in [-0.2, 0) is 0 Å². The van der Waals surface area contributed by atoms with Crippen molar-refractivity contribution in [2.45, 2.75) is 181 Å². The summed E-state index contributed by atoms with van der Waals surface area (Å²) in [7, 11) is 0. The van der Waals surface area contributed by atoms with Crippen molar-refractivity contribution >= 4 is 5.96 Å². The lowest BCUT2D eigenvalue weighted by Crippen LogP contribution is -3.00. The summed E-state index contributed by atoms with van der Waals surface area (Å²) >= 11 is 0. The molecular formula is C32H69ClN4. The SMILES string of the molecule is CCCCCCCCCCCCCC[N+](CCC)(CCCCCCCCCCCCCC)N=C(N)N.[Cl-]. The van der Waals surface area contributed by atoms with Crippen LogP contribution < -0.4 is 23.9 Å². The summed E-state index contributed by atoms with van der Waals surface area (Å²) < 4.78 is 0.758. The number of halogens is 1. The fourth-order valence-electron chi connectivity index (χ4n) is 5.64. The van der Waals surface area contributed by atoms with Gasteiger partial charge in [0.05, 0.1) is 0 Å². The Morgan fingerprint density at radius 2 is 0.676 bits per heavy atom. The van der Waals surface area contributed by atoms with Gasteiger partial charge in [-0.3, -0.25) is 0 Å². The predicted molar refractivity (Wildman–Crippen MR) is 163 cm³/mol. The van der Waals surface area contributed by atoms with Gasteiger partial charge in [0.2, 0.25) is 5.96 Å². The molecule has 4 nitrogen and oxygen atoms in total. The summed E-state index contributed by atoms with van der Waals surface area (Å²) in [6.07, 6.45) is 34.5. The van der Waals surface area contributed by atoms with Crippen molar-refractivity contribution in [3.8, 4) is 0 Å². The quantitative estimate of drug-likeness (QED) is 0.0357. The molecule has 0 spiro atoms. The first-order chi connectivity index (χ1) is 17.6. The van der Waals surface area contributed by atoms with Crippen LogP contribution in [0.3, 0.4) is 0 Å². The van der Waals surface area contributed by atoms with Gasteiger partial charge in [-0.1, -0.05) is 149 Å². The summed E-state index contributed by atoms with van der Waals surface area (Å²) in [5.41, 5.74) is 11.8. The Bertz CT molecular complexity index is 438. The van der Waals surface area contributed by atoms with E-state index in [1.54, 1.807) is 0 Å². The van der Waals surface area contributed by atoms with E-state index in [2.05, 4.69) is 20.8 Å². The molecule has 0 aliphatic rings. The third-order valence-corrected chi connectivity index (χ3v) is 7.82. The molecule has 0 aromatic heterocycles. The molecule has 4 N–H and O–H groups in total. The largest absolute Gasteiger partial charge is 1.00 e. The number of guanidine groups is 1. The van der Waals surface area contributed by atoms with E-state index in [0.717, 1.165) is 30.6 Å². The number of nitrogens with two attached hydrogens (primary N) is 2. The molecule has 0 atom stereocenters. The summed E-state index contributed by atoms with van der Waals surface area (Å²) in [6.45, 7) is 10.1. The second-order valence-corrected chi connectivity index (χ2v) is 11.6. The van der Waals surface area contributed by atoms with E-state index in [1.807, 2.05) is 0 Å². The summed E-state index contributed by atoms with van der Waals surface area (Å²) in [6, 6.07) is 0. The average Bonchev–Trinajstić information content (AvgIpc) is 2.85. The maximum Gasteiger partial charge on any atom is 0.244 e. The van der Waals surface area contributed by atoms with Crippen LogP contribution >= 0.6 is 0 Å². The van der Waals surface area contributed by atoms with Crippen LogP contribution in [0, 0.1) is 0 Å². The van der Waals surface area contributed by atoms with Crippen molar-refractivity contribution in [3.63, 3.8) is 0 Å². The van der Waals surface area contributed by atoms with Gasteiger partial charge in [0.1, 0.15) is 19.6 Å². The van der Waals surface area contributed by atoms with Gasteiger partial charge in [0.25, 0.3) is 0 Å². The lowest BCUT2D eigenvalue weighted by atomic mass is 10.0. The van der Waals surface area contributed by atoms with E-state index < -0.39 is 0 Å². The Morgan fingerprint density at radius 1 is 0.405 bits per heavy atom. The maximum atomic E-state index is 5.89. The Kier molecular flexibility index (Phi) is 31.4. The molecule has 5 heteroatoms. The minimum Gasteiger partial charge on any atom is -1.00 e. The van der Waals surface area contributed by atoms with E-state index in [1.165, 1.54) is 154 Å². The molecule has 0 fully saturated rings. The van der Waals surface area contributed by atoms with Gasteiger partial charge in [-0.25, -0.2) is 0 Å². The third kappa shape index (κ3) is 26.9. The van der Waals surface area contributed by atoms with Crippen molar-refractivity contribution in [2.24, 2.45) is 16.6 Å². The molecule has 0 aliphatic carbocycles. The molecule has 37 heavy (non-hydrogen) atoms. The number of hydrogen-bond acceptors (Lipinski definition) is 1. The second kappa shape index (κ2) is 30.1. The third-order valence-electron chi connectivity index (χ3n) is 7.82. The molecular weight excluding hydrogens is 476 g/mol. The van der Waals surface area contributed by atoms with Gasteiger partial charge < -0.3 is 23.9 Å². The topological polar surface area (TPSA) is 64.4 Å². The highest BCUT2D eigenvalue weighted by Crippen LogP contribution is 2.19. The Morgan fingerprint density at radius 3 is 0.919 bits per heavy atom. The molecule has 224 valence electrons. The average molecular weight is 545 g/mol. The van der Waals surface area contributed by atoms with Gasteiger partial charge in [0.15, 0.2) is 0 Å². The van der Waals surface area contributed by atoms with Crippen molar-refractivity contribution in [2.75, 3.05) is 19.6 Å². The zero-order valence-electron chi connectivity index (χ0n) is 25.7. The van der Waals surface area contributed by atoms with Crippen LogP contribution in [0.15, 0.2) is 5.10 Å². The van der Waals surface area contributed by atoms with Gasteiger partial charge in [-0.05, 0) is 37.2 Å². The van der Waals surface area contributed by atoms with Crippen molar-refractivity contribution < 1.29 is 17.0 Å². The summed E-state index contributed by atoms with van der Waals surface area (Å²) in [5, 5.41) is 4.79. The molecule has 0 aromatic rings. The number of nitrogens with zero attached hydrogens (tertiary/aromatic N) is 2. The minimum atomic E-state index is 0. The molecule has 0 radical (unpaired) electrons. The van der Waals surface area contributed by atoms with Crippen molar-refractivity contribution in [3.05, 3.63) is 0 Å². The van der Waals surface area contributed by atoms with Crippen LogP contribution in [0.25, 0.3) is 0 Å². The van der Waals surface area contributed by atoms with E-state index in [9.17, 15) is 0 Å². The fraction of sp³-hybridized carbons (Fsp3) is 0.969. The monoisotopic (exact) mass is 545 g/mol. The van der Waals surface area contributed by atoms with Crippen LogP contribution in [-0.4, -0.2) is 30.2 Å². The molecule has 0 saturated heterocycles. The molecule has 0 rings (SSSR count). The van der Waals surface area contributed by atoms with Gasteiger partial charge in [0, 0.05) is 0 Å². The second-order valence-electron chi connectivity index (χ2n) is 11.6. The van der Waals surface area contributed by atoms with E-state index in [0.29, 0.717) is 0 Å². The van der Waals surface area contributed by atoms with E-state index >= 15 is 0 Å². The smallest absolute Gasteiger partial charge is 0.244 e. The molecule has 0 heterocycles. The summed E-state index contributed by atoms with van der Waals surface area (Å²) in [5.74, 6) is 0.265. The number of hydrogen-bond donors (Lipinski definition) is 2. The molecule has 0 aromatic carbocycles. The minimum absolute atomic E-state index is 0. The highest BCUT2D eigenvalue weighted by atomic mass is 35.5. The zero-order chi connectivity index (χ0) is 26.6. The van der Waals surface area contributed by atoms with Crippen molar-refractivity contribution in [1.29, 1.82) is 0 Å². The van der Waals surface area contributed by atoms with Crippen LogP contribution in [0.2, 0.25) is 0 Å². The predicted octanol–water partition coefficient (Wildman–Crippen LogP) is 6.81. The van der Waals surface area contributed by atoms with Crippen LogP contribution in [0.5, 0.6) is 0 Å². The van der Waals surface area contributed by atoms with Crippen LogP contribution in [0.1, 0.15) is 181 Å². The first kappa shape index (κ1) is 38.7. The van der Waals surface area contributed by atoms with E-state index in [4.69, 9.17) is 16.6 Å². The standard InChI is InChI=1S/C32H69N4.ClH/c1-4-7-9-11-13-15-17-19-21-23-25-27-30-36(29-6-3,35-32(33)34)31-28-26-24-22-20-18-16-14-12-10-8-5-2;/h4-31H2,1-3H3,(H4,33,34,35);1H/q+1;/p-1. The Hall–Kier alpha value is -0.480. The normalized spacial score (nSPS) is 11.4. The lowest BCUT2D eigenvalue weighted by molar-refractivity contribution is -0.935. The van der Waals surface area contributed by atoms with Gasteiger partial charge in [-0.15, -0.1) is 0 Å². The molecule has 0 amide bonds. The number of rotatable bonds is 29. The Labute approximate surface area is 240 Å².